The number of carbonyl (C=O) groups excluding carboxylic acids is 1. The maximum Gasteiger partial charge on any atom is 0.416 e. The molecule has 0 radical (unpaired) electrons. The lowest BCUT2D eigenvalue weighted by molar-refractivity contribution is -0.137. The van der Waals surface area contributed by atoms with Crippen molar-refractivity contribution in [3.63, 3.8) is 0 Å². The third-order valence-electron chi connectivity index (χ3n) is 5.47. The molecule has 2 unspecified atom stereocenters. The Morgan fingerprint density at radius 1 is 1.17 bits per heavy atom. The van der Waals surface area contributed by atoms with E-state index in [-0.39, 0.29) is 29.8 Å². The smallest absolute Gasteiger partial charge is 0.335 e. The highest BCUT2D eigenvalue weighted by molar-refractivity contribution is 5.83. The van der Waals surface area contributed by atoms with E-state index in [1.165, 1.54) is 12.1 Å². The fourth-order valence-electron chi connectivity index (χ4n) is 3.73. The molecule has 1 aliphatic rings. The van der Waals surface area contributed by atoms with Gasteiger partial charge in [0.2, 0.25) is 5.91 Å². The van der Waals surface area contributed by atoms with Gasteiger partial charge in [0.1, 0.15) is 5.82 Å². The van der Waals surface area contributed by atoms with Gasteiger partial charge >= 0.3 is 6.18 Å². The molecule has 1 amide bonds. The van der Waals surface area contributed by atoms with Crippen LogP contribution in [0.2, 0.25) is 0 Å². The van der Waals surface area contributed by atoms with E-state index in [4.69, 9.17) is 0 Å². The summed E-state index contributed by atoms with van der Waals surface area (Å²) in [4.78, 5) is 33.9. The number of aromatic nitrogens is 2. The van der Waals surface area contributed by atoms with Gasteiger partial charge < -0.3 is 9.88 Å². The van der Waals surface area contributed by atoms with E-state index in [0.29, 0.717) is 29.7 Å². The van der Waals surface area contributed by atoms with E-state index in [1.54, 1.807) is 29.2 Å². The summed E-state index contributed by atoms with van der Waals surface area (Å²) >= 11 is 0. The van der Waals surface area contributed by atoms with E-state index in [1.807, 2.05) is 6.92 Å². The van der Waals surface area contributed by atoms with Gasteiger partial charge in [0.05, 0.1) is 23.0 Å². The second kappa shape index (κ2) is 7.59. The molecule has 1 saturated carbocycles. The minimum atomic E-state index is -4.37. The monoisotopic (exact) mass is 415 g/mol. The van der Waals surface area contributed by atoms with Crippen LogP contribution in [-0.2, 0) is 17.5 Å². The number of alkyl halides is 3. The molecule has 1 fully saturated rings. The summed E-state index contributed by atoms with van der Waals surface area (Å²) in [5, 5.41) is 0.486. The Kier molecular flexibility index (Phi) is 5.09. The van der Waals surface area contributed by atoms with Gasteiger partial charge in [-0.1, -0.05) is 24.3 Å². The summed E-state index contributed by atoms with van der Waals surface area (Å²) in [6.45, 7) is 2.45. The number of benzene rings is 2. The second-order valence-corrected chi connectivity index (χ2v) is 7.45. The fraction of sp³-hybridized carbons (Fsp3) is 0.318. The summed E-state index contributed by atoms with van der Waals surface area (Å²) in [5.41, 5.74) is 0.341. The van der Waals surface area contributed by atoms with E-state index < -0.39 is 11.7 Å². The van der Waals surface area contributed by atoms with Gasteiger partial charge in [-0.25, -0.2) is 4.98 Å². The topological polar surface area (TPSA) is 66.1 Å². The number of hydrogen-bond acceptors (Lipinski definition) is 3. The molecular weight excluding hydrogens is 395 g/mol. The Labute approximate surface area is 170 Å². The zero-order valence-electron chi connectivity index (χ0n) is 16.2. The van der Waals surface area contributed by atoms with Gasteiger partial charge in [-0.05, 0) is 49.1 Å². The number of nitrogens with zero attached hydrogens (tertiary/aromatic N) is 2. The molecule has 5 nitrogen and oxygen atoms in total. The molecule has 2 atom stereocenters. The number of H-pyrrole nitrogens is 1. The first-order valence-corrected chi connectivity index (χ1v) is 9.72. The predicted molar refractivity (Wildman–Crippen MR) is 106 cm³/mol. The zero-order chi connectivity index (χ0) is 21.5. The van der Waals surface area contributed by atoms with E-state index in [2.05, 4.69) is 9.97 Å². The summed E-state index contributed by atoms with van der Waals surface area (Å²) in [6.07, 6.45) is -3.78. The third kappa shape index (κ3) is 3.94. The number of hydrogen-bond donors (Lipinski definition) is 1. The number of halogens is 3. The molecule has 30 heavy (non-hydrogen) atoms. The van der Waals surface area contributed by atoms with Crippen molar-refractivity contribution in [3.05, 3.63) is 75.8 Å². The van der Waals surface area contributed by atoms with Gasteiger partial charge in [-0.3, -0.25) is 9.59 Å². The Bertz CT molecular complexity index is 1140. The molecule has 1 aliphatic carbocycles. The van der Waals surface area contributed by atoms with Crippen LogP contribution in [0, 0.1) is 5.92 Å². The Hall–Kier alpha value is -3.16. The first-order valence-electron chi connectivity index (χ1n) is 9.72. The molecule has 1 aromatic heterocycles. The number of carbonyl (C=O) groups is 1. The highest BCUT2D eigenvalue weighted by Crippen LogP contribution is 2.49. The SMILES string of the molecule is CCN(Cc1nc2ccccc2c(=O)[nH]1)C(=O)C1CC1c1ccc(C(F)(F)F)cc1. The van der Waals surface area contributed by atoms with Crippen molar-refractivity contribution in [2.24, 2.45) is 5.92 Å². The summed E-state index contributed by atoms with van der Waals surface area (Å²) < 4.78 is 38.2. The number of amides is 1. The largest absolute Gasteiger partial charge is 0.416 e. The van der Waals surface area contributed by atoms with Crippen molar-refractivity contribution in [2.45, 2.75) is 32.0 Å². The van der Waals surface area contributed by atoms with Crippen LogP contribution in [0.1, 0.15) is 36.2 Å². The van der Waals surface area contributed by atoms with Crippen LogP contribution in [0.25, 0.3) is 10.9 Å². The van der Waals surface area contributed by atoms with Crippen LogP contribution in [0.15, 0.2) is 53.3 Å². The van der Waals surface area contributed by atoms with Gasteiger partial charge in [-0.2, -0.15) is 13.2 Å². The average molecular weight is 415 g/mol. The number of rotatable bonds is 5. The lowest BCUT2D eigenvalue weighted by atomic mass is 10.1. The van der Waals surface area contributed by atoms with Crippen molar-refractivity contribution in [2.75, 3.05) is 6.54 Å². The standard InChI is InChI=1S/C22H20F3N3O2/c1-2-28(12-19-26-18-6-4-3-5-15(18)20(29)27-19)21(30)17-11-16(17)13-7-9-14(10-8-13)22(23,24)25/h3-10,16-17H,2,11-12H2,1H3,(H,26,27,29). The van der Waals surface area contributed by atoms with Crippen LogP contribution in [0.4, 0.5) is 13.2 Å². The Morgan fingerprint density at radius 3 is 2.53 bits per heavy atom. The molecule has 3 aromatic rings. The predicted octanol–water partition coefficient (Wildman–Crippen LogP) is 4.09. The first kappa shape index (κ1) is 20.1. The molecule has 4 rings (SSSR count). The molecule has 0 saturated heterocycles. The summed E-state index contributed by atoms with van der Waals surface area (Å²) in [6, 6.07) is 12.0. The maximum atomic E-state index is 12.9. The average Bonchev–Trinajstić information content (AvgIpc) is 3.52. The van der Waals surface area contributed by atoms with Crippen molar-refractivity contribution >= 4 is 16.8 Å². The highest BCUT2D eigenvalue weighted by atomic mass is 19.4. The zero-order valence-corrected chi connectivity index (χ0v) is 16.2. The molecule has 1 heterocycles. The molecule has 0 bridgehead atoms. The van der Waals surface area contributed by atoms with E-state index in [0.717, 1.165) is 17.7 Å². The summed E-state index contributed by atoms with van der Waals surface area (Å²) in [5.74, 6) is -0.0369. The number of nitrogens with one attached hydrogen (secondary N) is 1. The minimum absolute atomic E-state index is 0.0850. The van der Waals surface area contributed by atoms with Crippen molar-refractivity contribution < 1.29 is 18.0 Å². The van der Waals surface area contributed by atoms with E-state index in [9.17, 15) is 22.8 Å². The third-order valence-corrected chi connectivity index (χ3v) is 5.47. The van der Waals surface area contributed by atoms with Crippen LogP contribution in [-0.4, -0.2) is 27.3 Å². The molecule has 2 aromatic carbocycles. The first-order chi connectivity index (χ1) is 14.3. The van der Waals surface area contributed by atoms with Gasteiger partial charge in [0.15, 0.2) is 0 Å². The van der Waals surface area contributed by atoms with Gasteiger partial charge in [0.25, 0.3) is 5.56 Å². The molecule has 0 spiro atoms. The summed E-state index contributed by atoms with van der Waals surface area (Å²) in [7, 11) is 0. The van der Waals surface area contributed by atoms with E-state index >= 15 is 0 Å². The second-order valence-electron chi connectivity index (χ2n) is 7.45. The lowest BCUT2D eigenvalue weighted by Crippen LogP contribution is -2.33. The van der Waals surface area contributed by atoms with Crippen LogP contribution >= 0.6 is 0 Å². The number of fused-ring (bicyclic) bond motifs is 1. The van der Waals surface area contributed by atoms with Crippen molar-refractivity contribution in [1.82, 2.24) is 14.9 Å². The normalized spacial score (nSPS) is 18.4. The quantitative estimate of drug-likeness (QED) is 0.683. The van der Waals surface area contributed by atoms with Gasteiger partial charge in [-0.15, -0.1) is 0 Å². The Balaban J connectivity index is 1.47. The molecule has 0 aliphatic heterocycles. The lowest BCUT2D eigenvalue weighted by Gasteiger charge is -2.20. The highest BCUT2D eigenvalue weighted by Gasteiger charge is 2.45. The fourth-order valence-corrected chi connectivity index (χ4v) is 3.73. The van der Waals surface area contributed by atoms with Gasteiger partial charge in [0, 0.05) is 12.5 Å². The molecule has 8 heteroatoms. The molecule has 1 N–H and O–H groups in total. The maximum absolute atomic E-state index is 12.9. The number of aromatic amines is 1. The minimum Gasteiger partial charge on any atom is -0.335 e. The van der Waals surface area contributed by atoms with Crippen LogP contribution in [0.3, 0.4) is 0 Å². The number of para-hydroxylation sites is 1. The van der Waals surface area contributed by atoms with Crippen LogP contribution in [0.5, 0.6) is 0 Å². The van der Waals surface area contributed by atoms with Crippen LogP contribution < -0.4 is 5.56 Å². The molecular formula is C22H20F3N3O2. The van der Waals surface area contributed by atoms with Crippen molar-refractivity contribution in [3.8, 4) is 0 Å². The van der Waals surface area contributed by atoms with Crippen molar-refractivity contribution in [1.29, 1.82) is 0 Å². The Morgan fingerprint density at radius 2 is 1.87 bits per heavy atom. The molecule has 156 valence electrons.